The highest BCUT2D eigenvalue weighted by Crippen LogP contribution is 2.28. The molecule has 0 spiro atoms. The van der Waals surface area contributed by atoms with Crippen molar-refractivity contribution in [3.63, 3.8) is 0 Å². The Morgan fingerprint density at radius 2 is 2.19 bits per heavy atom. The van der Waals surface area contributed by atoms with Crippen LogP contribution in [-0.4, -0.2) is 22.8 Å². The zero-order valence-corrected chi connectivity index (χ0v) is 9.27. The lowest BCUT2D eigenvalue weighted by atomic mass is 10.1. The molecule has 0 saturated carbocycles. The summed E-state index contributed by atoms with van der Waals surface area (Å²) in [6.07, 6.45) is 1.57. The highest BCUT2D eigenvalue weighted by Gasteiger charge is 2.08. The van der Waals surface area contributed by atoms with Gasteiger partial charge >= 0.3 is 5.97 Å². The van der Waals surface area contributed by atoms with Gasteiger partial charge < -0.3 is 14.9 Å². The van der Waals surface area contributed by atoms with Gasteiger partial charge in [-0.15, -0.1) is 0 Å². The number of carboxylic acid groups (broad SMARTS) is 1. The van der Waals surface area contributed by atoms with Gasteiger partial charge in [0.15, 0.2) is 0 Å². The third-order valence-corrected chi connectivity index (χ3v) is 2.18. The Kier molecular flexibility index (Phi) is 4.64. The van der Waals surface area contributed by atoms with Crippen LogP contribution >= 0.6 is 0 Å². The lowest BCUT2D eigenvalue weighted by Gasteiger charge is -2.11. The van der Waals surface area contributed by atoms with Crippen LogP contribution in [0.1, 0.15) is 25.3 Å². The second-order valence-electron chi connectivity index (χ2n) is 3.50. The number of hydrogen-bond acceptors (Lipinski definition) is 3. The molecule has 0 aliphatic heterocycles. The molecular formula is C12H16O4. The van der Waals surface area contributed by atoms with E-state index in [1.807, 2.05) is 6.92 Å². The average molecular weight is 224 g/mol. The summed E-state index contributed by atoms with van der Waals surface area (Å²) in [5.41, 5.74) is 0.746. The quantitative estimate of drug-likeness (QED) is 0.777. The first-order chi connectivity index (χ1) is 7.65. The Morgan fingerprint density at radius 1 is 1.44 bits per heavy atom. The normalized spacial score (nSPS) is 10.1. The van der Waals surface area contributed by atoms with Crippen molar-refractivity contribution in [2.45, 2.75) is 26.2 Å². The van der Waals surface area contributed by atoms with Crippen molar-refractivity contribution in [3.05, 3.63) is 23.8 Å². The number of aliphatic carboxylic acids is 1. The van der Waals surface area contributed by atoms with Crippen LogP contribution in [0.25, 0.3) is 0 Å². The van der Waals surface area contributed by atoms with Crippen LogP contribution in [0.5, 0.6) is 11.5 Å². The largest absolute Gasteiger partial charge is 0.508 e. The van der Waals surface area contributed by atoms with Gasteiger partial charge in [-0.05, 0) is 18.6 Å². The van der Waals surface area contributed by atoms with Crippen molar-refractivity contribution in [2.75, 3.05) is 6.61 Å². The molecule has 16 heavy (non-hydrogen) atoms. The van der Waals surface area contributed by atoms with Crippen LogP contribution in [0.3, 0.4) is 0 Å². The van der Waals surface area contributed by atoms with E-state index in [2.05, 4.69) is 0 Å². The molecule has 1 aromatic carbocycles. The lowest BCUT2D eigenvalue weighted by molar-refractivity contribution is -0.137. The van der Waals surface area contributed by atoms with Crippen molar-refractivity contribution in [1.29, 1.82) is 0 Å². The number of phenolic OH excluding ortho intramolecular Hbond substituents is 1. The van der Waals surface area contributed by atoms with Crippen molar-refractivity contribution in [1.82, 2.24) is 0 Å². The van der Waals surface area contributed by atoms with Crippen LogP contribution in [0.2, 0.25) is 0 Å². The standard InChI is InChI=1S/C12H16O4/c1-2-4-9-10(13)5-3-6-11(9)16-8-7-12(14)15/h3,5-6,13H,2,4,7-8H2,1H3,(H,14,15). The van der Waals surface area contributed by atoms with Gasteiger partial charge in [-0.3, -0.25) is 4.79 Å². The SMILES string of the molecule is CCCc1c(O)cccc1OCCC(=O)O. The minimum Gasteiger partial charge on any atom is -0.508 e. The minimum atomic E-state index is -0.891. The number of hydrogen-bond donors (Lipinski definition) is 2. The summed E-state index contributed by atoms with van der Waals surface area (Å²) in [7, 11) is 0. The first-order valence-corrected chi connectivity index (χ1v) is 5.30. The zero-order valence-electron chi connectivity index (χ0n) is 9.27. The van der Waals surface area contributed by atoms with Gasteiger partial charge in [0, 0.05) is 5.56 Å². The molecule has 0 atom stereocenters. The first kappa shape index (κ1) is 12.4. The molecule has 2 N–H and O–H groups in total. The van der Waals surface area contributed by atoms with Gasteiger partial charge in [0.1, 0.15) is 11.5 Å². The first-order valence-electron chi connectivity index (χ1n) is 5.30. The Hall–Kier alpha value is -1.71. The summed E-state index contributed by atoms with van der Waals surface area (Å²) >= 11 is 0. The fraction of sp³-hybridized carbons (Fsp3) is 0.417. The minimum absolute atomic E-state index is 0.0405. The van der Waals surface area contributed by atoms with Gasteiger partial charge in [-0.25, -0.2) is 0 Å². The van der Waals surface area contributed by atoms with Gasteiger partial charge in [0.05, 0.1) is 13.0 Å². The molecule has 0 amide bonds. The molecule has 4 heteroatoms. The van der Waals surface area contributed by atoms with E-state index in [0.29, 0.717) is 5.75 Å². The number of benzene rings is 1. The molecule has 88 valence electrons. The lowest BCUT2D eigenvalue weighted by Crippen LogP contribution is -2.06. The maximum absolute atomic E-state index is 10.3. The molecule has 0 aromatic heterocycles. The van der Waals surface area contributed by atoms with Gasteiger partial charge in [0.25, 0.3) is 0 Å². The number of carbonyl (C=O) groups is 1. The molecule has 0 radical (unpaired) electrons. The molecular weight excluding hydrogens is 208 g/mol. The smallest absolute Gasteiger partial charge is 0.306 e. The maximum Gasteiger partial charge on any atom is 0.306 e. The average Bonchev–Trinajstić information content (AvgIpc) is 2.22. The molecule has 0 saturated heterocycles. The van der Waals surface area contributed by atoms with E-state index in [0.717, 1.165) is 18.4 Å². The van der Waals surface area contributed by atoms with Crippen molar-refractivity contribution >= 4 is 5.97 Å². The molecule has 4 nitrogen and oxygen atoms in total. The molecule has 1 aromatic rings. The fourth-order valence-corrected chi connectivity index (χ4v) is 1.44. The van der Waals surface area contributed by atoms with Crippen LogP contribution in [0, 0.1) is 0 Å². The van der Waals surface area contributed by atoms with Crippen molar-refractivity contribution in [3.8, 4) is 11.5 Å². The number of aromatic hydroxyl groups is 1. The number of carboxylic acids is 1. The number of rotatable bonds is 6. The Bertz CT molecular complexity index is 360. The van der Waals surface area contributed by atoms with Crippen molar-refractivity contribution in [2.24, 2.45) is 0 Å². The number of ether oxygens (including phenoxy) is 1. The Morgan fingerprint density at radius 3 is 2.81 bits per heavy atom. The van der Waals surface area contributed by atoms with E-state index in [1.165, 1.54) is 0 Å². The van der Waals surface area contributed by atoms with Crippen LogP contribution < -0.4 is 4.74 Å². The molecule has 0 heterocycles. The van der Waals surface area contributed by atoms with E-state index in [9.17, 15) is 9.90 Å². The van der Waals surface area contributed by atoms with Crippen LogP contribution in [0.15, 0.2) is 18.2 Å². The summed E-state index contributed by atoms with van der Waals surface area (Å²) in [6, 6.07) is 5.03. The predicted octanol–water partition coefficient (Wildman–Crippen LogP) is 2.20. The van der Waals surface area contributed by atoms with E-state index in [-0.39, 0.29) is 18.8 Å². The van der Waals surface area contributed by atoms with E-state index >= 15 is 0 Å². The topological polar surface area (TPSA) is 66.8 Å². The third-order valence-electron chi connectivity index (χ3n) is 2.18. The molecule has 0 bridgehead atoms. The molecule has 0 fully saturated rings. The maximum atomic E-state index is 10.3. The summed E-state index contributed by atoms with van der Waals surface area (Å²) in [5, 5.41) is 18.1. The van der Waals surface area contributed by atoms with E-state index in [4.69, 9.17) is 9.84 Å². The second-order valence-corrected chi connectivity index (χ2v) is 3.50. The number of phenols is 1. The Labute approximate surface area is 94.5 Å². The molecule has 0 aliphatic carbocycles. The monoisotopic (exact) mass is 224 g/mol. The van der Waals surface area contributed by atoms with Gasteiger partial charge in [-0.1, -0.05) is 19.4 Å². The van der Waals surface area contributed by atoms with Crippen LogP contribution in [-0.2, 0) is 11.2 Å². The van der Waals surface area contributed by atoms with E-state index < -0.39 is 5.97 Å². The highest BCUT2D eigenvalue weighted by molar-refractivity contribution is 5.66. The van der Waals surface area contributed by atoms with Crippen LogP contribution in [0.4, 0.5) is 0 Å². The summed E-state index contributed by atoms with van der Waals surface area (Å²) < 4.78 is 5.34. The zero-order chi connectivity index (χ0) is 12.0. The summed E-state index contributed by atoms with van der Waals surface area (Å²) in [4.78, 5) is 10.3. The second kappa shape index (κ2) is 6.00. The fourth-order valence-electron chi connectivity index (χ4n) is 1.44. The predicted molar refractivity (Wildman–Crippen MR) is 59.8 cm³/mol. The Balaban J connectivity index is 2.70. The van der Waals surface area contributed by atoms with Gasteiger partial charge in [0.2, 0.25) is 0 Å². The van der Waals surface area contributed by atoms with E-state index in [1.54, 1.807) is 18.2 Å². The van der Waals surface area contributed by atoms with Crippen molar-refractivity contribution < 1.29 is 19.7 Å². The molecule has 0 aliphatic rings. The highest BCUT2D eigenvalue weighted by atomic mass is 16.5. The molecule has 0 unspecified atom stereocenters. The summed E-state index contributed by atoms with van der Waals surface area (Å²) in [5.74, 6) is -0.116. The van der Waals surface area contributed by atoms with Gasteiger partial charge in [-0.2, -0.15) is 0 Å². The summed E-state index contributed by atoms with van der Waals surface area (Å²) in [6.45, 7) is 2.13. The third kappa shape index (κ3) is 3.46. The molecule has 1 rings (SSSR count).